The molecule has 42 valence electrons. The molecule has 2 radical (unpaired) electrons. The first-order valence-corrected chi connectivity index (χ1v) is 2.71. The second-order valence-corrected chi connectivity index (χ2v) is 1.69. The van der Waals surface area contributed by atoms with Crippen molar-refractivity contribution in [2.24, 2.45) is 4.99 Å². The first-order valence-electron chi connectivity index (χ1n) is 2.71. The minimum atomic E-state index is 0.891. The van der Waals surface area contributed by atoms with Crippen molar-refractivity contribution < 1.29 is 0 Å². The highest BCUT2D eigenvalue weighted by molar-refractivity contribution is 5.84. The van der Waals surface area contributed by atoms with E-state index in [0.29, 0.717) is 0 Å². The summed E-state index contributed by atoms with van der Waals surface area (Å²) in [5, 5.41) is 3.90. The monoisotopic (exact) mass is 108 g/mol. The second-order valence-electron chi connectivity index (χ2n) is 1.69. The van der Waals surface area contributed by atoms with Crippen molar-refractivity contribution in [3.05, 3.63) is 11.9 Å². The maximum atomic E-state index is 4.06. The Morgan fingerprint density at radius 1 is 1.62 bits per heavy atom. The molecule has 0 fully saturated rings. The Balaban J connectivity index is 2.56. The van der Waals surface area contributed by atoms with Crippen molar-refractivity contribution in [1.29, 1.82) is 0 Å². The molecule has 0 N–H and O–H groups in total. The lowest BCUT2D eigenvalue weighted by atomic mass is 10.4. The summed E-state index contributed by atoms with van der Waals surface area (Å²) in [7, 11) is 0. The van der Waals surface area contributed by atoms with Gasteiger partial charge in [-0.25, -0.2) is 10.3 Å². The minimum Gasteiger partial charge on any atom is -0.236 e. The first-order chi connectivity index (χ1) is 3.83. The van der Waals surface area contributed by atoms with Gasteiger partial charge in [0.1, 0.15) is 12.0 Å². The van der Waals surface area contributed by atoms with E-state index in [0.717, 1.165) is 18.0 Å². The molecule has 0 unspecified atom stereocenters. The van der Waals surface area contributed by atoms with Crippen molar-refractivity contribution in [3.63, 3.8) is 0 Å². The normalized spacial score (nSPS) is 17.2. The molecule has 1 aliphatic rings. The zero-order chi connectivity index (χ0) is 5.98. The fourth-order valence-corrected chi connectivity index (χ4v) is 0.547. The lowest BCUT2D eigenvalue weighted by Crippen LogP contribution is -2.02. The van der Waals surface area contributed by atoms with Crippen molar-refractivity contribution in [3.8, 4) is 0 Å². The number of hydrogen-bond acceptors (Lipinski definition) is 1. The molecular formula is C6H8N2. The zero-order valence-electron chi connectivity index (χ0n) is 5.10. The van der Waals surface area contributed by atoms with E-state index in [-0.39, 0.29) is 0 Å². The molecule has 0 aromatic heterocycles. The molecule has 0 spiro atoms. The fourth-order valence-electron chi connectivity index (χ4n) is 0.547. The van der Waals surface area contributed by atoms with E-state index in [9.17, 15) is 0 Å². The van der Waals surface area contributed by atoms with Gasteiger partial charge in [-0.1, -0.05) is 6.92 Å². The van der Waals surface area contributed by atoms with Gasteiger partial charge in [-0.15, -0.1) is 0 Å². The highest BCUT2D eigenvalue weighted by atomic mass is 15.0. The van der Waals surface area contributed by atoms with E-state index in [2.05, 4.69) is 16.5 Å². The summed E-state index contributed by atoms with van der Waals surface area (Å²) in [5.74, 6) is 0.891. The molecule has 1 aliphatic heterocycles. The quantitative estimate of drug-likeness (QED) is 0.480. The van der Waals surface area contributed by atoms with Gasteiger partial charge in [0.15, 0.2) is 0 Å². The van der Waals surface area contributed by atoms with E-state index in [1.165, 1.54) is 0 Å². The number of amidine groups is 1. The predicted octanol–water partition coefficient (Wildman–Crippen LogP) is 1.08. The van der Waals surface area contributed by atoms with Gasteiger partial charge in [-0.3, -0.25) is 0 Å². The molecule has 1 rings (SSSR count). The summed E-state index contributed by atoms with van der Waals surface area (Å²) >= 11 is 0. The van der Waals surface area contributed by atoms with Crippen LogP contribution in [-0.4, -0.2) is 5.84 Å². The van der Waals surface area contributed by atoms with Crippen molar-refractivity contribution in [1.82, 2.24) is 5.32 Å². The Kier molecular flexibility index (Phi) is 1.33. The highest BCUT2D eigenvalue weighted by Crippen LogP contribution is 2.01. The van der Waals surface area contributed by atoms with Crippen LogP contribution in [-0.2, 0) is 0 Å². The molecule has 0 atom stereocenters. The summed E-state index contributed by atoms with van der Waals surface area (Å²) in [6, 6.07) is 0. The summed E-state index contributed by atoms with van der Waals surface area (Å²) in [5.41, 5.74) is 0.891. The van der Waals surface area contributed by atoms with Crippen LogP contribution < -0.4 is 5.32 Å². The van der Waals surface area contributed by atoms with Crippen LogP contribution in [0.15, 0.2) is 10.7 Å². The Bertz CT molecular complexity index is 145. The van der Waals surface area contributed by atoms with Crippen LogP contribution in [0.4, 0.5) is 0 Å². The summed E-state index contributed by atoms with van der Waals surface area (Å²) in [6.45, 7) is 3.93. The molecule has 0 saturated carbocycles. The molecule has 0 aromatic carbocycles. The molecular weight excluding hydrogens is 100 g/mol. The number of nitrogens with zero attached hydrogens (tertiary/aromatic N) is 2. The lowest BCUT2D eigenvalue weighted by molar-refractivity contribution is 1.13. The predicted molar refractivity (Wildman–Crippen MR) is 32.3 cm³/mol. The zero-order valence-corrected chi connectivity index (χ0v) is 5.10. The highest BCUT2D eigenvalue weighted by Gasteiger charge is 2.02. The van der Waals surface area contributed by atoms with Crippen LogP contribution in [0.5, 0.6) is 0 Å². The maximum absolute atomic E-state index is 4.06. The van der Waals surface area contributed by atoms with Crippen LogP contribution >= 0.6 is 0 Å². The first kappa shape index (κ1) is 5.35. The third-order valence-electron chi connectivity index (χ3n) is 0.960. The van der Waals surface area contributed by atoms with Crippen LogP contribution in [0.3, 0.4) is 0 Å². The van der Waals surface area contributed by atoms with E-state index < -0.39 is 0 Å². The summed E-state index contributed by atoms with van der Waals surface area (Å²) in [6.07, 6.45) is 3.67. The summed E-state index contributed by atoms with van der Waals surface area (Å²) in [4.78, 5) is 4.06. The van der Waals surface area contributed by atoms with Gasteiger partial charge >= 0.3 is 0 Å². The van der Waals surface area contributed by atoms with Crippen molar-refractivity contribution in [2.45, 2.75) is 20.3 Å². The number of rotatable bonds is 1. The van der Waals surface area contributed by atoms with E-state index in [1.807, 2.05) is 13.8 Å². The third-order valence-corrected chi connectivity index (χ3v) is 0.960. The Labute approximate surface area is 49.3 Å². The number of hydrogen-bond donors (Lipinski definition) is 0. The lowest BCUT2D eigenvalue weighted by Gasteiger charge is -1.86. The van der Waals surface area contributed by atoms with Crippen LogP contribution in [0.25, 0.3) is 0 Å². The largest absolute Gasteiger partial charge is 0.236 e. The minimum absolute atomic E-state index is 0.891. The van der Waals surface area contributed by atoms with Gasteiger partial charge in [-0.2, -0.15) is 0 Å². The van der Waals surface area contributed by atoms with Gasteiger partial charge < -0.3 is 0 Å². The maximum Gasteiger partial charge on any atom is 0.129 e. The van der Waals surface area contributed by atoms with E-state index in [1.54, 1.807) is 0 Å². The third kappa shape index (κ3) is 0.886. The molecule has 0 amide bonds. The van der Waals surface area contributed by atoms with Crippen LogP contribution in [0.1, 0.15) is 20.3 Å². The van der Waals surface area contributed by atoms with E-state index >= 15 is 0 Å². The number of allylic oxidation sites excluding steroid dienone is 1. The molecule has 0 aliphatic carbocycles. The molecule has 8 heavy (non-hydrogen) atoms. The Hall–Kier alpha value is -0.790. The molecule has 0 saturated heterocycles. The van der Waals surface area contributed by atoms with Crippen LogP contribution in [0, 0.1) is 6.20 Å². The van der Waals surface area contributed by atoms with Gasteiger partial charge in [0.25, 0.3) is 0 Å². The van der Waals surface area contributed by atoms with Gasteiger partial charge in [0, 0.05) is 6.42 Å². The SMILES string of the molecule is CCC1=NC(C)=[C][N]1. The second kappa shape index (κ2) is 1.99. The van der Waals surface area contributed by atoms with Gasteiger partial charge in [0.05, 0.1) is 5.70 Å². The smallest absolute Gasteiger partial charge is 0.129 e. The fraction of sp³-hybridized carbons (Fsp3) is 0.500. The molecule has 2 nitrogen and oxygen atoms in total. The van der Waals surface area contributed by atoms with Gasteiger partial charge in [0.2, 0.25) is 0 Å². The Morgan fingerprint density at radius 3 is 2.62 bits per heavy atom. The van der Waals surface area contributed by atoms with Crippen molar-refractivity contribution >= 4 is 5.84 Å². The number of aliphatic imine (C=N–C) groups is 1. The van der Waals surface area contributed by atoms with Crippen molar-refractivity contribution in [2.75, 3.05) is 0 Å². The average Bonchev–Trinajstić information content (AvgIpc) is 2.14. The standard InChI is InChI=1S/C6H8N2/c1-3-6-7-4-5(2)8-6/h3H2,1-2H3. The van der Waals surface area contributed by atoms with E-state index in [4.69, 9.17) is 0 Å². The molecule has 0 bridgehead atoms. The topological polar surface area (TPSA) is 26.5 Å². The molecule has 1 heterocycles. The van der Waals surface area contributed by atoms with Gasteiger partial charge in [-0.05, 0) is 6.92 Å². The summed E-state index contributed by atoms with van der Waals surface area (Å²) < 4.78 is 0. The Morgan fingerprint density at radius 2 is 2.38 bits per heavy atom. The molecule has 0 aromatic rings. The van der Waals surface area contributed by atoms with Crippen LogP contribution in [0.2, 0.25) is 0 Å². The molecule has 2 heteroatoms. The average molecular weight is 108 g/mol.